The minimum Gasteiger partial charge on any atom is -0.317 e. The molecule has 0 saturated carbocycles. The monoisotopic (exact) mass is 274 g/mol. The van der Waals surface area contributed by atoms with E-state index in [9.17, 15) is 0 Å². The zero-order valence-corrected chi connectivity index (χ0v) is 12.2. The molecule has 1 aliphatic rings. The first-order valence-corrected chi connectivity index (χ1v) is 7.14. The van der Waals surface area contributed by atoms with E-state index in [1.54, 1.807) is 0 Å². The summed E-state index contributed by atoms with van der Waals surface area (Å²) in [4.78, 5) is 4.01. The smallest absolute Gasteiger partial charge is 0.00579 e. The first-order valence-electron chi connectivity index (χ1n) is 6.26. The summed E-state index contributed by atoms with van der Waals surface area (Å²) >= 11 is 1.87. The average Bonchev–Trinajstić information content (AvgIpc) is 2.81. The Morgan fingerprint density at radius 3 is 2.82 bits per heavy atom. The van der Waals surface area contributed by atoms with E-state index in [4.69, 9.17) is 0 Å². The van der Waals surface area contributed by atoms with Crippen LogP contribution in [0.25, 0.3) is 0 Å². The third-order valence-corrected chi connectivity index (χ3v) is 4.28. The maximum atomic E-state index is 3.43. The number of rotatable bonds is 5. The van der Waals surface area contributed by atoms with Crippen molar-refractivity contribution in [3.63, 3.8) is 0 Å². The molecule has 0 aliphatic carbocycles. The summed E-state index contributed by atoms with van der Waals surface area (Å²) in [5, 5.41) is 5.59. The molecule has 98 valence electrons. The van der Waals surface area contributed by atoms with E-state index in [0.29, 0.717) is 0 Å². The quantitative estimate of drug-likeness (QED) is 0.888. The van der Waals surface area contributed by atoms with Gasteiger partial charge in [0.05, 0.1) is 0 Å². The minimum absolute atomic E-state index is 0. The third kappa shape index (κ3) is 5.38. The maximum Gasteiger partial charge on any atom is 0.00579 e. The summed E-state index contributed by atoms with van der Waals surface area (Å²) in [5.41, 5.74) is 0. The zero-order valence-electron chi connectivity index (χ0n) is 10.5. The van der Waals surface area contributed by atoms with Crippen LogP contribution in [0.1, 0.15) is 17.7 Å². The van der Waals surface area contributed by atoms with Crippen molar-refractivity contribution >= 4 is 23.7 Å². The van der Waals surface area contributed by atoms with E-state index in [-0.39, 0.29) is 12.4 Å². The summed E-state index contributed by atoms with van der Waals surface area (Å²) in [6.45, 7) is 4.89. The molecule has 2 rings (SSSR count). The summed E-state index contributed by atoms with van der Waals surface area (Å²) in [7, 11) is 2.26. The normalized spacial score (nSPS) is 17.1. The molecule has 1 saturated heterocycles. The van der Waals surface area contributed by atoms with Gasteiger partial charge in [0.1, 0.15) is 0 Å². The highest BCUT2D eigenvalue weighted by atomic mass is 35.5. The standard InChI is InChI=1S/C13H22N2S.ClH/c1-15(9-6-13-3-2-10-16-13)11-12-4-7-14-8-5-12;/h2-3,10,12,14H,4-9,11H2,1H3;1H. The van der Waals surface area contributed by atoms with Gasteiger partial charge in [0.15, 0.2) is 0 Å². The lowest BCUT2D eigenvalue weighted by atomic mass is 9.98. The number of halogens is 1. The molecule has 1 fully saturated rings. The molecule has 1 aliphatic heterocycles. The molecule has 1 aromatic rings. The van der Waals surface area contributed by atoms with Crippen LogP contribution in [0, 0.1) is 5.92 Å². The predicted octanol–water partition coefficient (Wildman–Crippen LogP) is 2.64. The fourth-order valence-corrected chi connectivity index (χ4v) is 3.05. The van der Waals surface area contributed by atoms with Gasteiger partial charge in [-0.2, -0.15) is 0 Å². The SMILES string of the molecule is CN(CCc1cccs1)CC1CCNCC1.Cl. The van der Waals surface area contributed by atoms with Crippen molar-refractivity contribution in [1.82, 2.24) is 10.2 Å². The number of hydrogen-bond donors (Lipinski definition) is 1. The number of thiophene rings is 1. The van der Waals surface area contributed by atoms with Gasteiger partial charge >= 0.3 is 0 Å². The van der Waals surface area contributed by atoms with E-state index in [2.05, 4.69) is 34.8 Å². The molecule has 0 radical (unpaired) electrons. The van der Waals surface area contributed by atoms with Gasteiger partial charge in [-0.1, -0.05) is 6.07 Å². The topological polar surface area (TPSA) is 15.3 Å². The first-order chi connectivity index (χ1) is 7.84. The van der Waals surface area contributed by atoms with Gasteiger partial charge in [0.2, 0.25) is 0 Å². The molecule has 0 unspecified atom stereocenters. The van der Waals surface area contributed by atoms with Crippen molar-refractivity contribution in [2.24, 2.45) is 5.92 Å². The van der Waals surface area contributed by atoms with Crippen molar-refractivity contribution in [3.8, 4) is 0 Å². The average molecular weight is 275 g/mol. The largest absolute Gasteiger partial charge is 0.317 e. The van der Waals surface area contributed by atoms with Gasteiger partial charge < -0.3 is 10.2 Å². The molecular weight excluding hydrogens is 252 g/mol. The second-order valence-corrected chi connectivity index (χ2v) is 5.82. The van der Waals surface area contributed by atoms with Gasteiger partial charge in [0.25, 0.3) is 0 Å². The molecule has 0 bridgehead atoms. The van der Waals surface area contributed by atoms with E-state index >= 15 is 0 Å². The Morgan fingerprint density at radius 1 is 1.41 bits per heavy atom. The number of likely N-dealkylation sites (N-methyl/N-ethyl adjacent to an activating group) is 1. The van der Waals surface area contributed by atoms with Crippen LogP contribution in [0.4, 0.5) is 0 Å². The van der Waals surface area contributed by atoms with Crippen LogP contribution >= 0.6 is 23.7 Å². The van der Waals surface area contributed by atoms with Crippen LogP contribution in [0.5, 0.6) is 0 Å². The van der Waals surface area contributed by atoms with Gasteiger partial charge in [-0.15, -0.1) is 23.7 Å². The van der Waals surface area contributed by atoms with E-state index in [1.165, 1.54) is 50.3 Å². The van der Waals surface area contributed by atoms with Crippen molar-refractivity contribution in [2.75, 3.05) is 33.2 Å². The van der Waals surface area contributed by atoms with E-state index in [1.807, 2.05) is 11.3 Å². The number of nitrogens with one attached hydrogen (secondary N) is 1. The van der Waals surface area contributed by atoms with Gasteiger partial charge in [-0.25, -0.2) is 0 Å². The molecular formula is C13H23ClN2S. The van der Waals surface area contributed by atoms with Crippen molar-refractivity contribution in [2.45, 2.75) is 19.3 Å². The first kappa shape index (κ1) is 15.0. The van der Waals surface area contributed by atoms with Crippen LogP contribution in [-0.4, -0.2) is 38.1 Å². The molecule has 4 heteroatoms. The Bertz CT molecular complexity index is 284. The number of hydrogen-bond acceptors (Lipinski definition) is 3. The minimum atomic E-state index is 0. The molecule has 0 amide bonds. The highest BCUT2D eigenvalue weighted by Gasteiger charge is 2.14. The molecule has 1 N–H and O–H groups in total. The molecule has 0 atom stereocenters. The molecule has 0 aromatic carbocycles. The lowest BCUT2D eigenvalue weighted by molar-refractivity contribution is 0.242. The fraction of sp³-hybridized carbons (Fsp3) is 0.692. The summed E-state index contributed by atoms with van der Waals surface area (Å²) in [5.74, 6) is 0.912. The van der Waals surface area contributed by atoms with Crippen molar-refractivity contribution < 1.29 is 0 Å². The Hall–Kier alpha value is -0.0900. The fourth-order valence-electron chi connectivity index (χ4n) is 2.35. The van der Waals surface area contributed by atoms with Crippen molar-refractivity contribution in [3.05, 3.63) is 22.4 Å². The van der Waals surface area contributed by atoms with E-state index < -0.39 is 0 Å². The molecule has 0 spiro atoms. The van der Waals surface area contributed by atoms with E-state index in [0.717, 1.165) is 5.92 Å². The Labute approximate surface area is 115 Å². The molecule has 2 nitrogen and oxygen atoms in total. The van der Waals surface area contributed by atoms with Crippen LogP contribution in [0.15, 0.2) is 17.5 Å². The van der Waals surface area contributed by atoms with Gasteiger partial charge in [0, 0.05) is 18.0 Å². The highest BCUT2D eigenvalue weighted by molar-refractivity contribution is 7.09. The van der Waals surface area contributed by atoms with Gasteiger partial charge in [-0.3, -0.25) is 0 Å². The zero-order chi connectivity index (χ0) is 11.2. The number of piperidine rings is 1. The Kier molecular flexibility index (Phi) is 7.12. The lowest BCUT2D eigenvalue weighted by Gasteiger charge is -2.27. The molecule has 2 heterocycles. The predicted molar refractivity (Wildman–Crippen MR) is 78.4 cm³/mol. The maximum absolute atomic E-state index is 3.43. The van der Waals surface area contributed by atoms with Gasteiger partial charge in [-0.05, 0) is 56.8 Å². The second-order valence-electron chi connectivity index (χ2n) is 4.78. The lowest BCUT2D eigenvalue weighted by Crippen LogP contribution is -2.35. The molecule has 1 aromatic heterocycles. The van der Waals surface area contributed by atoms with Crippen LogP contribution in [0.3, 0.4) is 0 Å². The van der Waals surface area contributed by atoms with Crippen LogP contribution < -0.4 is 5.32 Å². The molecule has 17 heavy (non-hydrogen) atoms. The second kappa shape index (κ2) is 8.09. The Morgan fingerprint density at radius 2 is 2.18 bits per heavy atom. The van der Waals surface area contributed by atoms with Crippen molar-refractivity contribution in [1.29, 1.82) is 0 Å². The summed E-state index contributed by atoms with van der Waals surface area (Å²) < 4.78 is 0. The summed E-state index contributed by atoms with van der Waals surface area (Å²) in [6.07, 6.45) is 3.91. The summed E-state index contributed by atoms with van der Waals surface area (Å²) in [6, 6.07) is 4.38. The van der Waals surface area contributed by atoms with Crippen LogP contribution in [-0.2, 0) is 6.42 Å². The Balaban J connectivity index is 0.00000144. The van der Waals surface area contributed by atoms with Crippen LogP contribution in [0.2, 0.25) is 0 Å². The third-order valence-electron chi connectivity index (χ3n) is 3.35. The number of nitrogens with zero attached hydrogens (tertiary/aromatic N) is 1. The highest BCUT2D eigenvalue weighted by Crippen LogP contribution is 2.14.